The van der Waals surface area contributed by atoms with Gasteiger partial charge in [-0.15, -0.1) is 0 Å². The van der Waals surface area contributed by atoms with Crippen LogP contribution in [-0.4, -0.2) is 29.8 Å². The Morgan fingerprint density at radius 1 is 1.17 bits per heavy atom. The molecule has 0 unspecified atom stereocenters. The second-order valence-electron chi connectivity index (χ2n) is 6.64. The van der Waals surface area contributed by atoms with Crippen molar-refractivity contribution in [3.8, 4) is 11.5 Å². The van der Waals surface area contributed by atoms with Gasteiger partial charge in [-0.2, -0.15) is 0 Å². The molecule has 1 saturated heterocycles. The molecule has 5 nitrogen and oxygen atoms in total. The van der Waals surface area contributed by atoms with Crippen LogP contribution in [0, 0.1) is 10.5 Å². The Hall–Kier alpha value is -2.00. The van der Waals surface area contributed by atoms with E-state index in [2.05, 4.69) is 22.6 Å². The van der Waals surface area contributed by atoms with E-state index in [1.165, 1.54) is 4.90 Å². The van der Waals surface area contributed by atoms with E-state index in [9.17, 15) is 9.59 Å². The fourth-order valence-corrected chi connectivity index (χ4v) is 4.45. The molecule has 0 spiro atoms. The number of methoxy groups -OCH3 is 1. The van der Waals surface area contributed by atoms with Gasteiger partial charge >= 0.3 is 0 Å². The van der Waals surface area contributed by atoms with Crippen molar-refractivity contribution in [2.45, 2.75) is 26.8 Å². The van der Waals surface area contributed by atoms with Crippen molar-refractivity contribution in [2.24, 2.45) is 0 Å². The van der Waals surface area contributed by atoms with Gasteiger partial charge in [-0.25, -0.2) is 0 Å². The quantitative estimate of drug-likeness (QED) is 0.348. The summed E-state index contributed by atoms with van der Waals surface area (Å²) in [4.78, 5) is 26.9. The Morgan fingerprint density at radius 3 is 2.55 bits per heavy atom. The number of carbonyl (C=O) groups is 2. The first-order valence-corrected chi connectivity index (χ1v) is 11.1. The first kappa shape index (κ1) is 21.7. The average molecular weight is 523 g/mol. The highest BCUT2D eigenvalue weighted by Gasteiger charge is 2.35. The van der Waals surface area contributed by atoms with Crippen molar-refractivity contribution < 1.29 is 19.1 Å². The minimum absolute atomic E-state index is 0.258. The van der Waals surface area contributed by atoms with E-state index in [4.69, 9.17) is 9.47 Å². The molecule has 0 bridgehead atoms. The minimum atomic E-state index is -0.277. The number of thioether (sulfide) groups is 1. The second kappa shape index (κ2) is 9.67. The summed E-state index contributed by atoms with van der Waals surface area (Å²) in [7, 11) is 1.59. The highest BCUT2D eigenvalue weighted by atomic mass is 127. The fourth-order valence-electron chi connectivity index (χ4n) is 2.83. The molecule has 0 radical (unpaired) electrons. The zero-order chi connectivity index (χ0) is 21.0. The van der Waals surface area contributed by atoms with Crippen LogP contribution in [0.3, 0.4) is 0 Å². The molecule has 0 atom stereocenters. The number of benzene rings is 2. The van der Waals surface area contributed by atoms with Gasteiger partial charge in [0.2, 0.25) is 0 Å². The smallest absolute Gasteiger partial charge is 0.293 e. The van der Waals surface area contributed by atoms with Gasteiger partial charge in [0, 0.05) is 0 Å². The van der Waals surface area contributed by atoms with Crippen molar-refractivity contribution in [2.75, 3.05) is 13.7 Å². The molecule has 1 heterocycles. The molecule has 7 heteroatoms. The number of imide groups is 1. The third-order valence-electron chi connectivity index (χ3n) is 4.33. The third kappa shape index (κ3) is 5.14. The van der Waals surface area contributed by atoms with Crippen LogP contribution in [0.25, 0.3) is 6.08 Å². The van der Waals surface area contributed by atoms with Crippen LogP contribution in [0.2, 0.25) is 0 Å². The third-order valence-corrected chi connectivity index (χ3v) is 6.04. The van der Waals surface area contributed by atoms with Crippen molar-refractivity contribution in [3.05, 3.63) is 61.6 Å². The highest BCUT2D eigenvalue weighted by molar-refractivity contribution is 14.1. The van der Waals surface area contributed by atoms with E-state index < -0.39 is 0 Å². The fraction of sp³-hybridized carbons (Fsp3) is 0.273. The van der Waals surface area contributed by atoms with Crippen LogP contribution in [0.5, 0.6) is 11.5 Å². The van der Waals surface area contributed by atoms with Crippen LogP contribution in [0.1, 0.15) is 30.0 Å². The van der Waals surface area contributed by atoms with Gasteiger partial charge in [0.25, 0.3) is 11.1 Å². The van der Waals surface area contributed by atoms with Gasteiger partial charge in [0.05, 0.1) is 28.7 Å². The summed E-state index contributed by atoms with van der Waals surface area (Å²) in [5.74, 6) is 1.02. The zero-order valence-corrected chi connectivity index (χ0v) is 19.5. The summed E-state index contributed by atoms with van der Waals surface area (Å²) in [6.45, 7) is 4.91. The van der Waals surface area contributed by atoms with Crippen molar-refractivity contribution in [1.82, 2.24) is 4.90 Å². The van der Waals surface area contributed by atoms with Crippen LogP contribution in [-0.2, 0) is 11.3 Å². The van der Waals surface area contributed by atoms with Crippen molar-refractivity contribution in [3.63, 3.8) is 0 Å². The first-order chi connectivity index (χ1) is 13.9. The number of hydrogen-bond acceptors (Lipinski definition) is 5. The number of halogens is 1. The average Bonchev–Trinajstić information content (AvgIpc) is 2.95. The molecule has 152 valence electrons. The number of amides is 2. The van der Waals surface area contributed by atoms with Crippen LogP contribution >= 0.6 is 34.4 Å². The summed E-state index contributed by atoms with van der Waals surface area (Å²) in [6, 6.07) is 11.6. The normalized spacial score (nSPS) is 15.3. The topological polar surface area (TPSA) is 55.8 Å². The number of rotatable bonds is 7. The lowest BCUT2D eigenvalue weighted by atomic mass is 10.1. The summed E-state index contributed by atoms with van der Waals surface area (Å²) in [6.07, 6.45) is 2.63. The van der Waals surface area contributed by atoms with E-state index in [1.54, 1.807) is 13.2 Å². The molecule has 0 aliphatic carbocycles. The molecule has 3 rings (SSSR count). The van der Waals surface area contributed by atoms with Crippen LogP contribution in [0.15, 0.2) is 41.3 Å². The van der Waals surface area contributed by atoms with Crippen molar-refractivity contribution in [1.29, 1.82) is 0 Å². The lowest BCUT2D eigenvalue weighted by Crippen LogP contribution is -2.27. The van der Waals surface area contributed by atoms with Crippen LogP contribution < -0.4 is 9.47 Å². The van der Waals surface area contributed by atoms with Crippen molar-refractivity contribution >= 4 is 51.6 Å². The van der Waals surface area contributed by atoms with Gasteiger partial charge < -0.3 is 9.47 Å². The molecule has 1 aliphatic rings. The molecule has 2 aromatic carbocycles. The lowest BCUT2D eigenvalue weighted by molar-refractivity contribution is -0.123. The molecular weight excluding hydrogens is 501 g/mol. The molecule has 0 saturated carbocycles. The summed E-state index contributed by atoms with van der Waals surface area (Å²) in [5.41, 5.74) is 2.85. The summed E-state index contributed by atoms with van der Waals surface area (Å²) in [5, 5.41) is -0.258. The van der Waals surface area contributed by atoms with E-state index in [0.29, 0.717) is 23.0 Å². The van der Waals surface area contributed by atoms with Gasteiger partial charge in [0.1, 0.15) is 0 Å². The monoisotopic (exact) mass is 523 g/mol. The Balaban J connectivity index is 1.83. The standard InChI is InChI=1S/C22H22INO4S/c1-4-9-28-20-17(23)10-16(11-18(20)27-3)12-19-21(25)24(22(26)29-19)13-15-7-5-14(2)6-8-15/h5-8,10-12H,4,9,13H2,1-3H3/b19-12-. The summed E-state index contributed by atoms with van der Waals surface area (Å²) < 4.78 is 12.1. The lowest BCUT2D eigenvalue weighted by Gasteiger charge is -2.13. The van der Waals surface area contributed by atoms with E-state index in [0.717, 1.165) is 38.4 Å². The minimum Gasteiger partial charge on any atom is -0.493 e. The number of nitrogens with zero attached hydrogens (tertiary/aromatic N) is 1. The largest absolute Gasteiger partial charge is 0.493 e. The predicted octanol–water partition coefficient (Wildman–Crippen LogP) is 5.63. The maximum atomic E-state index is 12.8. The second-order valence-corrected chi connectivity index (χ2v) is 8.79. The predicted molar refractivity (Wildman–Crippen MR) is 124 cm³/mol. The van der Waals surface area contributed by atoms with Gasteiger partial charge in [-0.05, 0) is 77.0 Å². The van der Waals surface area contributed by atoms with Gasteiger partial charge in [-0.3, -0.25) is 14.5 Å². The first-order valence-electron chi connectivity index (χ1n) is 9.24. The molecule has 0 aromatic heterocycles. The molecule has 1 fully saturated rings. The molecule has 2 aromatic rings. The Kier molecular flexibility index (Phi) is 7.23. The number of carbonyl (C=O) groups excluding carboxylic acids is 2. The zero-order valence-electron chi connectivity index (χ0n) is 16.5. The Labute approximate surface area is 188 Å². The molecule has 29 heavy (non-hydrogen) atoms. The SMILES string of the molecule is CCCOc1c(I)cc(/C=C2\SC(=O)N(Cc3ccc(C)cc3)C2=O)cc1OC. The molecular formula is C22H22INO4S. The number of ether oxygens (including phenoxy) is 2. The van der Waals surface area contributed by atoms with E-state index in [1.807, 2.05) is 50.2 Å². The molecule has 1 aliphatic heterocycles. The highest BCUT2D eigenvalue weighted by Crippen LogP contribution is 2.37. The Morgan fingerprint density at radius 2 is 1.90 bits per heavy atom. The van der Waals surface area contributed by atoms with E-state index >= 15 is 0 Å². The molecule has 0 N–H and O–H groups in total. The Bertz CT molecular complexity index is 956. The summed E-state index contributed by atoms with van der Waals surface area (Å²) >= 11 is 3.15. The number of aryl methyl sites for hydroxylation is 1. The maximum absolute atomic E-state index is 12.8. The number of hydrogen-bond donors (Lipinski definition) is 0. The van der Waals surface area contributed by atoms with Gasteiger partial charge in [0.15, 0.2) is 11.5 Å². The maximum Gasteiger partial charge on any atom is 0.293 e. The van der Waals surface area contributed by atoms with Crippen LogP contribution in [0.4, 0.5) is 4.79 Å². The molecule has 2 amide bonds. The van der Waals surface area contributed by atoms with E-state index in [-0.39, 0.29) is 17.7 Å². The van der Waals surface area contributed by atoms with Gasteiger partial charge in [-0.1, -0.05) is 36.8 Å².